The predicted octanol–water partition coefficient (Wildman–Crippen LogP) is 5.70. The largest absolute Gasteiger partial charge is 0.372 e. The summed E-state index contributed by atoms with van der Waals surface area (Å²) in [5.41, 5.74) is 2.41. The number of allylic oxidation sites excluding steroid dienone is 2. The number of rotatable bonds is 3. The third kappa shape index (κ3) is 5.83. The van der Waals surface area contributed by atoms with Crippen molar-refractivity contribution < 1.29 is 0 Å². The van der Waals surface area contributed by atoms with Crippen molar-refractivity contribution in [2.45, 2.75) is 88.8 Å². The van der Waals surface area contributed by atoms with Crippen LogP contribution in [0.25, 0.3) is 0 Å². The molecule has 4 aliphatic rings. The van der Waals surface area contributed by atoms with Gasteiger partial charge in [-0.05, 0) is 74.5 Å². The van der Waals surface area contributed by atoms with E-state index in [1.807, 2.05) is 0 Å². The van der Waals surface area contributed by atoms with Gasteiger partial charge in [0.05, 0.1) is 0 Å². The van der Waals surface area contributed by atoms with Crippen LogP contribution < -0.4 is 5.32 Å². The fourth-order valence-electron chi connectivity index (χ4n) is 5.79. The molecule has 3 heteroatoms. The standard InChI is InChI=1S/C24H41N2P/c1-2-5-9-20(10-6-3-1)17-21-11-12-22(26-14-7-4-8-15-26)19-23-24(18-21)27-16-13-25-23/h11-12,19-21,23-25,27H,1-10,13-18H2. The van der Waals surface area contributed by atoms with Gasteiger partial charge in [-0.25, -0.2) is 0 Å². The summed E-state index contributed by atoms with van der Waals surface area (Å²) in [5, 5.41) is 3.87. The highest BCUT2D eigenvalue weighted by atomic mass is 31.1. The predicted molar refractivity (Wildman–Crippen MR) is 120 cm³/mol. The maximum Gasteiger partial charge on any atom is 0.0338 e. The summed E-state index contributed by atoms with van der Waals surface area (Å²) >= 11 is 0. The maximum atomic E-state index is 3.87. The van der Waals surface area contributed by atoms with Crippen LogP contribution in [0.5, 0.6) is 0 Å². The molecular weight excluding hydrogens is 347 g/mol. The van der Waals surface area contributed by atoms with Gasteiger partial charge in [0.15, 0.2) is 0 Å². The summed E-state index contributed by atoms with van der Waals surface area (Å²) in [4.78, 5) is 2.68. The Hall–Kier alpha value is -0.330. The van der Waals surface area contributed by atoms with Crippen molar-refractivity contribution in [1.29, 1.82) is 0 Å². The van der Waals surface area contributed by atoms with Crippen molar-refractivity contribution >= 4 is 8.58 Å². The van der Waals surface area contributed by atoms with E-state index in [0.717, 1.165) is 26.1 Å². The van der Waals surface area contributed by atoms with Crippen molar-refractivity contribution in [2.75, 3.05) is 25.8 Å². The van der Waals surface area contributed by atoms with Gasteiger partial charge in [-0.1, -0.05) is 51.0 Å². The quantitative estimate of drug-likeness (QED) is 0.624. The van der Waals surface area contributed by atoms with E-state index in [0.29, 0.717) is 6.04 Å². The fraction of sp³-hybridized carbons (Fsp3) is 0.833. The Bertz CT molecular complexity index is 501. The molecule has 152 valence electrons. The number of hydrogen-bond donors (Lipinski definition) is 1. The van der Waals surface area contributed by atoms with Crippen molar-refractivity contribution in [3.63, 3.8) is 0 Å². The Labute approximate surface area is 169 Å². The number of nitrogens with zero attached hydrogens (tertiary/aromatic N) is 1. The van der Waals surface area contributed by atoms with Crippen LogP contribution in [-0.4, -0.2) is 42.4 Å². The second kappa shape index (κ2) is 10.4. The van der Waals surface area contributed by atoms with Gasteiger partial charge in [0.25, 0.3) is 0 Å². The molecule has 2 aliphatic carbocycles. The Balaban J connectivity index is 1.47. The van der Waals surface area contributed by atoms with Gasteiger partial charge >= 0.3 is 0 Å². The van der Waals surface area contributed by atoms with Crippen LogP contribution in [0.3, 0.4) is 0 Å². The summed E-state index contributed by atoms with van der Waals surface area (Å²) in [6.07, 6.45) is 26.6. The van der Waals surface area contributed by atoms with Gasteiger partial charge in [0.1, 0.15) is 0 Å². The smallest absolute Gasteiger partial charge is 0.0338 e. The lowest BCUT2D eigenvalue weighted by Gasteiger charge is -2.38. The van der Waals surface area contributed by atoms with Gasteiger partial charge in [-0.3, -0.25) is 0 Å². The van der Waals surface area contributed by atoms with E-state index in [1.165, 1.54) is 109 Å². The van der Waals surface area contributed by atoms with Crippen LogP contribution in [0, 0.1) is 11.8 Å². The molecule has 4 atom stereocenters. The van der Waals surface area contributed by atoms with Gasteiger partial charge in [0, 0.05) is 24.8 Å². The number of nitrogens with one attached hydrogen (secondary N) is 1. The molecule has 2 saturated heterocycles. The Morgan fingerprint density at radius 3 is 2.52 bits per heavy atom. The number of piperidine rings is 1. The first-order chi connectivity index (χ1) is 13.4. The maximum absolute atomic E-state index is 3.87. The second-order valence-electron chi connectivity index (χ2n) is 9.48. The molecule has 0 aromatic heterocycles. The van der Waals surface area contributed by atoms with Crippen LogP contribution >= 0.6 is 8.58 Å². The molecule has 0 aromatic rings. The molecule has 0 spiro atoms. The third-order valence-electron chi connectivity index (χ3n) is 7.37. The summed E-state index contributed by atoms with van der Waals surface area (Å²) < 4.78 is 0. The first-order valence-electron chi connectivity index (χ1n) is 12.0. The molecule has 4 rings (SSSR count). The van der Waals surface area contributed by atoms with Crippen molar-refractivity contribution in [3.8, 4) is 0 Å². The van der Waals surface area contributed by atoms with Crippen molar-refractivity contribution in [1.82, 2.24) is 10.2 Å². The molecule has 27 heavy (non-hydrogen) atoms. The molecule has 2 nitrogen and oxygen atoms in total. The molecule has 0 bridgehead atoms. The lowest BCUT2D eigenvalue weighted by molar-refractivity contribution is 0.286. The molecular formula is C24H41N2P. The Morgan fingerprint density at radius 1 is 0.963 bits per heavy atom. The zero-order chi connectivity index (χ0) is 18.3. The van der Waals surface area contributed by atoms with Crippen LogP contribution in [0.1, 0.15) is 77.0 Å². The topological polar surface area (TPSA) is 15.3 Å². The normalized spacial score (nSPS) is 34.9. The summed E-state index contributed by atoms with van der Waals surface area (Å²) in [5.74, 6) is 1.79. The SMILES string of the molecule is C1=CC(CC2CCCCCCC2)CC2PCCNC2C=C1N1CCCCC1. The summed E-state index contributed by atoms with van der Waals surface area (Å²) in [6, 6.07) is 0.624. The van der Waals surface area contributed by atoms with Gasteiger partial charge < -0.3 is 10.2 Å². The van der Waals surface area contributed by atoms with E-state index < -0.39 is 0 Å². The minimum Gasteiger partial charge on any atom is -0.372 e. The lowest BCUT2D eigenvalue weighted by atomic mass is 9.81. The van der Waals surface area contributed by atoms with E-state index in [1.54, 1.807) is 0 Å². The van der Waals surface area contributed by atoms with Gasteiger partial charge in [-0.15, -0.1) is 8.58 Å². The zero-order valence-corrected chi connectivity index (χ0v) is 18.3. The second-order valence-corrected chi connectivity index (χ2v) is 11.1. The molecule has 2 heterocycles. The highest BCUT2D eigenvalue weighted by Gasteiger charge is 2.29. The van der Waals surface area contributed by atoms with Crippen LogP contribution in [0.4, 0.5) is 0 Å². The van der Waals surface area contributed by atoms with Crippen LogP contribution in [0.15, 0.2) is 23.9 Å². The van der Waals surface area contributed by atoms with E-state index in [4.69, 9.17) is 0 Å². The zero-order valence-electron chi connectivity index (χ0n) is 17.3. The van der Waals surface area contributed by atoms with E-state index in [-0.39, 0.29) is 0 Å². The molecule has 0 amide bonds. The first-order valence-corrected chi connectivity index (χ1v) is 13.3. The number of hydrogen-bond acceptors (Lipinski definition) is 2. The molecule has 3 fully saturated rings. The minimum absolute atomic E-state index is 0.624. The average molecular weight is 389 g/mol. The molecule has 4 unspecified atom stereocenters. The molecule has 1 saturated carbocycles. The highest BCUT2D eigenvalue weighted by Crippen LogP contribution is 2.38. The average Bonchev–Trinajstić information content (AvgIpc) is 2.66. The Kier molecular flexibility index (Phi) is 7.72. The molecule has 0 aromatic carbocycles. The van der Waals surface area contributed by atoms with Gasteiger partial charge in [0.2, 0.25) is 0 Å². The van der Waals surface area contributed by atoms with Crippen molar-refractivity contribution in [3.05, 3.63) is 23.9 Å². The molecule has 1 N–H and O–H groups in total. The Morgan fingerprint density at radius 2 is 1.70 bits per heavy atom. The van der Waals surface area contributed by atoms with E-state index >= 15 is 0 Å². The van der Waals surface area contributed by atoms with E-state index in [9.17, 15) is 0 Å². The number of fused-ring (bicyclic) bond motifs is 1. The first kappa shape index (κ1) is 20.0. The fourth-order valence-corrected chi connectivity index (χ4v) is 7.39. The minimum atomic E-state index is 0.624. The van der Waals surface area contributed by atoms with E-state index in [2.05, 4.69) is 28.4 Å². The van der Waals surface area contributed by atoms with Crippen LogP contribution in [-0.2, 0) is 0 Å². The molecule has 0 radical (unpaired) electrons. The van der Waals surface area contributed by atoms with Gasteiger partial charge in [-0.2, -0.15) is 0 Å². The number of likely N-dealkylation sites (tertiary alicyclic amines) is 1. The third-order valence-corrected chi connectivity index (χ3v) is 9.03. The highest BCUT2D eigenvalue weighted by molar-refractivity contribution is 7.39. The lowest BCUT2D eigenvalue weighted by Crippen LogP contribution is -2.44. The van der Waals surface area contributed by atoms with Crippen molar-refractivity contribution in [2.24, 2.45) is 11.8 Å². The monoisotopic (exact) mass is 388 g/mol. The molecule has 2 aliphatic heterocycles. The summed E-state index contributed by atoms with van der Waals surface area (Å²) in [6.45, 7) is 3.76. The van der Waals surface area contributed by atoms with Crippen LogP contribution in [0.2, 0.25) is 0 Å². The summed E-state index contributed by atoms with van der Waals surface area (Å²) in [7, 11) is 1.16.